The van der Waals surface area contributed by atoms with E-state index in [1.54, 1.807) is 61.7 Å². The molecule has 2 aromatic rings. The average molecular weight is 309 g/mol. The van der Waals surface area contributed by atoms with Gasteiger partial charge in [0.05, 0.1) is 17.9 Å². The largest absolute Gasteiger partial charge is 0.481 e. The summed E-state index contributed by atoms with van der Waals surface area (Å²) in [4.78, 5) is 11.8. The van der Waals surface area contributed by atoms with Gasteiger partial charge < -0.3 is 9.15 Å². The second kappa shape index (κ2) is 8.20. The molecule has 23 heavy (non-hydrogen) atoms. The lowest BCUT2D eigenvalue weighted by Gasteiger charge is -2.12. The third-order valence-electron chi connectivity index (χ3n) is 2.80. The molecule has 1 heterocycles. The van der Waals surface area contributed by atoms with Crippen LogP contribution in [0.5, 0.6) is 5.75 Å². The topological polar surface area (TPSA) is 87.6 Å². The monoisotopic (exact) mass is 309 g/mol. The van der Waals surface area contributed by atoms with E-state index in [9.17, 15) is 4.79 Å². The highest BCUT2D eigenvalue weighted by Gasteiger charge is 2.13. The molecule has 116 valence electrons. The molecule has 0 fully saturated rings. The normalized spacial score (nSPS) is 12.2. The highest BCUT2D eigenvalue weighted by molar-refractivity contribution is 5.83. The molecule has 1 aromatic carbocycles. The van der Waals surface area contributed by atoms with Gasteiger partial charge in [0.15, 0.2) is 6.10 Å². The highest BCUT2D eigenvalue weighted by atomic mass is 16.5. The van der Waals surface area contributed by atoms with Gasteiger partial charge in [-0.3, -0.25) is 4.79 Å². The predicted octanol–water partition coefficient (Wildman–Crippen LogP) is 2.73. The molecule has 1 aromatic heterocycles. The Labute approximate surface area is 133 Å². The van der Waals surface area contributed by atoms with Gasteiger partial charge >= 0.3 is 0 Å². The van der Waals surface area contributed by atoms with E-state index in [1.165, 1.54) is 6.21 Å². The van der Waals surface area contributed by atoms with Crippen LogP contribution in [0.3, 0.4) is 0 Å². The van der Waals surface area contributed by atoms with Crippen LogP contribution in [0.1, 0.15) is 18.2 Å². The molecule has 6 heteroatoms. The van der Waals surface area contributed by atoms with E-state index in [1.807, 2.05) is 6.07 Å². The van der Waals surface area contributed by atoms with E-state index in [-0.39, 0.29) is 5.91 Å². The van der Waals surface area contributed by atoms with Crippen molar-refractivity contribution in [2.75, 3.05) is 0 Å². The van der Waals surface area contributed by atoms with Crippen LogP contribution in [-0.4, -0.2) is 18.2 Å². The molecule has 0 saturated heterocycles. The molecule has 0 aliphatic carbocycles. The first-order valence-electron chi connectivity index (χ1n) is 6.89. The number of carbonyl (C=O) groups excluding carboxylic acids is 1. The zero-order valence-electron chi connectivity index (χ0n) is 12.5. The summed E-state index contributed by atoms with van der Waals surface area (Å²) in [5.41, 5.74) is 2.91. The number of nitrogens with one attached hydrogen (secondary N) is 1. The number of amides is 1. The molecule has 1 atom stereocenters. The second-order valence-corrected chi connectivity index (χ2v) is 4.53. The van der Waals surface area contributed by atoms with Gasteiger partial charge in [-0.1, -0.05) is 0 Å². The van der Waals surface area contributed by atoms with Gasteiger partial charge in [-0.05, 0) is 55.5 Å². The first-order chi connectivity index (χ1) is 11.2. The molecule has 2 rings (SSSR count). The molecule has 1 amide bonds. The molecule has 6 nitrogen and oxygen atoms in total. The maximum absolute atomic E-state index is 11.8. The van der Waals surface area contributed by atoms with E-state index in [2.05, 4.69) is 10.5 Å². The Hall–Kier alpha value is -3.33. The van der Waals surface area contributed by atoms with Crippen LogP contribution in [0.4, 0.5) is 0 Å². The lowest BCUT2D eigenvalue weighted by molar-refractivity contribution is -0.127. The Bertz CT molecular complexity index is 725. The zero-order valence-corrected chi connectivity index (χ0v) is 12.5. The van der Waals surface area contributed by atoms with Crippen molar-refractivity contribution < 1.29 is 13.9 Å². The number of nitrogens with zero attached hydrogens (tertiary/aromatic N) is 2. The number of hydrogen-bond donors (Lipinski definition) is 1. The first kappa shape index (κ1) is 16.0. The molecule has 0 saturated carbocycles. The Kier molecular flexibility index (Phi) is 5.72. The number of allylic oxidation sites excluding steroid dienone is 1. The SMILES string of the molecule is CC(Oc1ccc(C#N)cc1)C(=O)N/N=C/C=C/c1ccco1. The number of furan rings is 1. The van der Waals surface area contributed by atoms with Crippen molar-refractivity contribution in [2.45, 2.75) is 13.0 Å². The smallest absolute Gasteiger partial charge is 0.280 e. The van der Waals surface area contributed by atoms with Crippen LogP contribution in [-0.2, 0) is 4.79 Å². The van der Waals surface area contributed by atoms with Gasteiger partial charge in [-0.2, -0.15) is 10.4 Å². The maximum atomic E-state index is 11.8. The van der Waals surface area contributed by atoms with E-state index in [0.717, 1.165) is 0 Å². The third kappa shape index (κ3) is 5.17. The molecule has 0 bridgehead atoms. The summed E-state index contributed by atoms with van der Waals surface area (Å²) in [6.07, 6.45) is 5.65. The van der Waals surface area contributed by atoms with Crippen molar-refractivity contribution in [3.05, 3.63) is 60.1 Å². The van der Waals surface area contributed by atoms with E-state index in [0.29, 0.717) is 17.1 Å². The standard InChI is InChI=1S/C17H15N3O3/c1-13(23-16-8-6-14(12-18)7-9-16)17(21)20-19-10-2-4-15-5-3-11-22-15/h2-11,13H,1H3,(H,20,21)/b4-2+,19-10+. The van der Waals surface area contributed by atoms with E-state index in [4.69, 9.17) is 14.4 Å². The van der Waals surface area contributed by atoms with Crippen LogP contribution in [0, 0.1) is 11.3 Å². The molecular formula is C17H15N3O3. The summed E-state index contributed by atoms with van der Waals surface area (Å²) >= 11 is 0. The minimum absolute atomic E-state index is 0.378. The summed E-state index contributed by atoms with van der Waals surface area (Å²) in [6, 6.07) is 12.1. The minimum Gasteiger partial charge on any atom is -0.481 e. The zero-order chi connectivity index (χ0) is 16.5. The van der Waals surface area contributed by atoms with Crippen molar-refractivity contribution in [1.82, 2.24) is 5.43 Å². The van der Waals surface area contributed by atoms with Crippen molar-refractivity contribution >= 4 is 18.2 Å². The summed E-state index contributed by atoms with van der Waals surface area (Å²) in [5, 5.41) is 12.5. The van der Waals surface area contributed by atoms with Gasteiger partial charge in [-0.15, -0.1) is 0 Å². The molecule has 0 aliphatic rings. The number of carbonyl (C=O) groups is 1. The highest BCUT2D eigenvalue weighted by Crippen LogP contribution is 2.13. The lowest BCUT2D eigenvalue weighted by Crippen LogP contribution is -2.33. The fraction of sp³-hybridized carbons (Fsp3) is 0.118. The quantitative estimate of drug-likeness (QED) is 0.656. The Morgan fingerprint density at radius 2 is 2.17 bits per heavy atom. The fourth-order valence-electron chi connectivity index (χ4n) is 1.62. The van der Waals surface area contributed by atoms with Crippen LogP contribution >= 0.6 is 0 Å². The van der Waals surface area contributed by atoms with Crippen molar-refractivity contribution in [1.29, 1.82) is 5.26 Å². The number of hydrazone groups is 1. The van der Waals surface area contributed by atoms with Crippen LogP contribution in [0.15, 0.2) is 58.3 Å². The molecule has 0 radical (unpaired) electrons. The molecule has 0 aliphatic heterocycles. The summed E-state index contributed by atoms with van der Waals surface area (Å²) in [6.45, 7) is 1.61. The molecular weight excluding hydrogens is 294 g/mol. The number of rotatable bonds is 6. The number of benzene rings is 1. The summed E-state index contributed by atoms with van der Waals surface area (Å²) < 4.78 is 10.6. The lowest BCUT2D eigenvalue weighted by atomic mass is 10.2. The fourth-order valence-corrected chi connectivity index (χ4v) is 1.62. The second-order valence-electron chi connectivity index (χ2n) is 4.53. The van der Waals surface area contributed by atoms with E-state index < -0.39 is 6.10 Å². The summed E-state index contributed by atoms with van der Waals surface area (Å²) in [7, 11) is 0. The Morgan fingerprint density at radius 3 is 2.83 bits per heavy atom. The van der Waals surface area contributed by atoms with E-state index >= 15 is 0 Å². The van der Waals surface area contributed by atoms with Gasteiger partial charge in [-0.25, -0.2) is 5.43 Å². The van der Waals surface area contributed by atoms with Crippen LogP contribution in [0.2, 0.25) is 0 Å². The van der Waals surface area contributed by atoms with Crippen LogP contribution < -0.4 is 10.2 Å². The Balaban J connectivity index is 1.79. The minimum atomic E-state index is -0.714. The van der Waals surface area contributed by atoms with Crippen molar-refractivity contribution in [3.8, 4) is 11.8 Å². The van der Waals surface area contributed by atoms with Crippen molar-refractivity contribution in [2.24, 2.45) is 5.10 Å². The third-order valence-corrected chi connectivity index (χ3v) is 2.80. The average Bonchev–Trinajstić information content (AvgIpc) is 3.08. The number of ether oxygens (including phenoxy) is 1. The number of nitriles is 1. The van der Waals surface area contributed by atoms with Gasteiger partial charge in [0.25, 0.3) is 5.91 Å². The Morgan fingerprint density at radius 1 is 1.39 bits per heavy atom. The molecule has 1 N–H and O–H groups in total. The predicted molar refractivity (Wildman–Crippen MR) is 85.6 cm³/mol. The first-order valence-corrected chi connectivity index (χ1v) is 6.89. The van der Waals surface area contributed by atoms with Crippen molar-refractivity contribution in [3.63, 3.8) is 0 Å². The van der Waals surface area contributed by atoms with Crippen LogP contribution in [0.25, 0.3) is 6.08 Å². The molecule has 1 unspecified atom stereocenters. The molecule has 0 spiro atoms. The van der Waals surface area contributed by atoms with Gasteiger partial charge in [0.1, 0.15) is 11.5 Å². The van der Waals surface area contributed by atoms with Gasteiger partial charge in [0, 0.05) is 6.21 Å². The number of hydrogen-bond acceptors (Lipinski definition) is 5. The maximum Gasteiger partial charge on any atom is 0.280 e. The van der Waals surface area contributed by atoms with Gasteiger partial charge in [0.2, 0.25) is 0 Å². The summed E-state index contributed by atoms with van der Waals surface area (Å²) in [5.74, 6) is 0.825.